The first kappa shape index (κ1) is 15.5. The lowest BCUT2D eigenvalue weighted by atomic mass is 10.1. The van der Waals surface area contributed by atoms with Crippen LogP contribution in [0.2, 0.25) is 0 Å². The average Bonchev–Trinajstić information content (AvgIpc) is 2.78. The Labute approximate surface area is 126 Å². The van der Waals surface area contributed by atoms with E-state index >= 15 is 0 Å². The molecular weight excluding hydrogens is 265 g/mol. The summed E-state index contributed by atoms with van der Waals surface area (Å²) in [4.78, 5) is 0. The van der Waals surface area contributed by atoms with Crippen molar-refractivity contribution in [2.24, 2.45) is 5.92 Å². The Balaban J connectivity index is 2.41. The summed E-state index contributed by atoms with van der Waals surface area (Å²) in [6, 6.07) is 6.91. The van der Waals surface area contributed by atoms with E-state index in [2.05, 4.69) is 32.2 Å². The van der Waals surface area contributed by atoms with Gasteiger partial charge in [-0.3, -0.25) is 0 Å². The van der Waals surface area contributed by atoms with Crippen LogP contribution >= 0.6 is 0 Å². The number of rotatable bonds is 6. The largest absolute Gasteiger partial charge is 0.370 e. The molecule has 0 aliphatic rings. The highest BCUT2D eigenvalue weighted by atomic mass is 19.1. The zero-order chi connectivity index (χ0) is 15.4. The molecule has 4 heteroatoms. The first-order valence-electron chi connectivity index (χ1n) is 7.60. The monoisotopic (exact) mass is 289 g/mol. The molecule has 0 bridgehead atoms. The zero-order valence-electron chi connectivity index (χ0n) is 13.3. The minimum Gasteiger partial charge on any atom is -0.370 e. The molecule has 21 heavy (non-hydrogen) atoms. The van der Waals surface area contributed by atoms with Crippen LogP contribution in [-0.2, 0) is 6.42 Å². The maximum Gasteiger partial charge on any atom is 0.130 e. The van der Waals surface area contributed by atoms with E-state index in [0.29, 0.717) is 5.92 Å². The number of halogens is 1. The van der Waals surface area contributed by atoms with Crippen molar-refractivity contribution in [2.75, 3.05) is 11.9 Å². The maximum atomic E-state index is 13.3. The minimum atomic E-state index is -0.214. The van der Waals surface area contributed by atoms with Crippen LogP contribution < -0.4 is 5.32 Å². The number of aryl methyl sites for hydroxylation is 1. The Bertz CT molecular complexity index is 602. The molecular formula is C17H24FN3. The zero-order valence-corrected chi connectivity index (χ0v) is 13.3. The topological polar surface area (TPSA) is 29.9 Å². The first-order valence-corrected chi connectivity index (χ1v) is 7.60. The van der Waals surface area contributed by atoms with Gasteiger partial charge in [-0.1, -0.05) is 20.8 Å². The summed E-state index contributed by atoms with van der Waals surface area (Å²) in [6.07, 6.45) is 1.99. The van der Waals surface area contributed by atoms with Gasteiger partial charge < -0.3 is 5.32 Å². The average molecular weight is 289 g/mol. The van der Waals surface area contributed by atoms with E-state index in [1.165, 1.54) is 6.07 Å². The van der Waals surface area contributed by atoms with E-state index in [4.69, 9.17) is 5.10 Å². The molecule has 0 saturated carbocycles. The van der Waals surface area contributed by atoms with Gasteiger partial charge in [0.2, 0.25) is 0 Å². The summed E-state index contributed by atoms with van der Waals surface area (Å²) in [5, 5.41) is 8.10. The van der Waals surface area contributed by atoms with Crippen molar-refractivity contribution in [2.45, 2.75) is 40.5 Å². The molecule has 2 aromatic rings. The van der Waals surface area contributed by atoms with Crippen molar-refractivity contribution in [3.05, 3.63) is 41.3 Å². The van der Waals surface area contributed by atoms with E-state index in [1.807, 2.05) is 11.6 Å². The predicted octanol–water partition coefficient (Wildman–Crippen LogP) is 4.34. The summed E-state index contributed by atoms with van der Waals surface area (Å²) in [5.41, 5.74) is 2.87. The molecule has 0 unspecified atom stereocenters. The van der Waals surface area contributed by atoms with Crippen molar-refractivity contribution in [1.82, 2.24) is 9.78 Å². The van der Waals surface area contributed by atoms with Crippen molar-refractivity contribution in [3.8, 4) is 5.69 Å². The Morgan fingerprint density at radius 1 is 1.29 bits per heavy atom. The van der Waals surface area contributed by atoms with Crippen LogP contribution in [0.4, 0.5) is 10.2 Å². The molecule has 1 aromatic carbocycles. The molecule has 1 N–H and O–H groups in total. The molecule has 0 saturated heterocycles. The molecule has 1 heterocycles. The van der Waals surface area contributed by atoms with E-state index in [0.717, 1.165) is 42.1 Å². The highest BCUT2D eigenvalue weighted by Gasteiger charge is 2.12. The second-order valence-corrected chi connectivity index (χ2v) is 5.89. The smallest absolute Gasteiger partial charge is 0.130 e. The molecule has 114 valence electrons. The van der Waals surface area contributed by atoms with Gasteiger partial charge >= 0.3 is 0 Å². The quantitative estimate of drug-likeness (QED) is 0.857. The Morgan fingerprint density at radius 2 is 2.05 bits per heavy atom. The van der Waals surface area contributed by atoms with Crippen LogP contribution in [0.5, 0.6) is 0 Å². The molecule has 0 aliphatic heterocycles. The van der Waals surface area contributed by atoms with Gasteiger partial charge in [0.25, 0.3) is 0 Å². The molecule has 0 spiro atoms. The van der Waals surface area contributed by atoms with Gasteiger partial charge in [0.05, 0.1) is 11.4 Å². The van der Waals surface area contributed by atoms with E-state index in [-0.39, 0.29) is 5.82 Å². The number of anilines is 1. The van der Waals surface area contributed by atoms with Gasteiger partial charge in [0.1, 0.15) is 11.6 Å². The van der Waals surface area contributed by atoms with Crippen LogP contribution in [0.25, 0.3) is 5.69 Å². The number of benzene rings is 1. The summed E-state index contributed by atoms with van der Waals surface area (Å²) in [6.45, 7) is 9.30. The van der Waals surface area contributed by atoms with Gasteiger partial charge in [-0.15, -0.1) is 0 Å². The molecule has 0 aliphatic carbocycles. The Morgan fingerprint density at radius 3 is 2.67 bits per heavy atom. The second kappa shape index (κ2) is 6.74. The molecule has 2 rings (SSSR count). The van der Waals surface area contributed by atoms with Crippen molar-refractivity contribution < 1.29 is 4.39 Å². The van der Waals surface area contributed by atoms with Gasteiger partial charge in [0.15, 0.2) is 0 Å². The van der Waals surface area contributed by atoms with Gasteiger partial charge in [-0.25, -0.2) is 9.07 Å². The SMILES string of the molecule is CCCNc1cc(CC(C)C)nn1-c1ccc(F)cc1C. The van der Waals surface area contributed by atoms with Crippen molar-refractivity contribution >= 4 is 5.82 Å². The third kappa shape index (κ3) is 3.84. The predicted molar refractivity (Wildman–Crippen MR) is 85.6 cm³/mol. The van der Waals surface area contributed by atoms with Crippen molar-refractivity contribution in [3.63, 3.8) is 0 Å². The maximum absolute atomic E-state index is 13.3. The molecule has 3 nitrogen and oxygen atoms in total. The van der Waals surface area contributed by atoms with E-state index in [9.17, 15) is 4.39 Å². The lowest BCUT2D eigenvalue weighted by Gasteiger charge is -2.11. The van der Waals surface area contributed by atoms with Crippen LogP contribution in [0.15, 0.2) is 24.3 Å². The summed E-state index contributed by atoms with van der Waals surface area (Å²) < 4.78 is 15.2. The Kier molecular flexibility index (Phi) is 4.99. The van der Waals surface area contributed by atoms with Crippen LogP contribution in [0.1, 0.15) is 38.4 Å². The second-order valence-electron chi connectivity index (χ2n) is 5.89. The molecule has 0 fully saturated rings. The molecule has 1 aromatic heterocycles. The molecule has 0 atom stereocenters. The fourth-order valence-corrected chi connectivity index (χ4v) is 2.37. The highest BCUT2D eigenvalue weighted by molar-refractivity contribution is 5.49. The number of hydrogen-bond donors (Lipinski definition) is 1. The first-order chi connectivity index (χ1) is 10.0. The van der Waals surface area contributed by atoms with Crippen molar-refractivity contribution in [1.29, 1.82) is 0 Å². The Hall–Kier alpha value is -1.84. The number of nitrogens with zero attached hydrogens (tertiary/aromatic N) is 2. The number of nitrogens with one attached hydrogen (secondary N) is 1. The van der Waals surface area contributed by atoms with E-state index in [1.54, 1.807) is 12.1 Å². The molecule has 0 radical (unpaired) electrons. The summed E-state index contributed by atoms with van der Waals surface area (Å²) in [5.74, 6) is 1.32. The van der Waals surface area contributed by atoms with Crippen LogP contribution in [0.3, 0.4) is 0 Å². The summed E-state index contributed by atoms with van der Waals surface area (Å²) in [7, 11) is 0. The van der Waals surface area contributed by atoms with Crippen LogP contribution in [-0.4, -0.2) is 16.3 Å². The fourth-order valence-electron chi connectivity index (χ4n) is 2.37. The van der Waals surface area contributed by atoms with Gasteiger partial charge in [-0.2, -0.15) is 5.10 Å². The van der Waals surface area contributed by atoms with E-state index < -0.39 is 0 Å². The van der Waals surface area contributed by atoms with Gasteiger partial charge in [0, 0.05) is 12.6 Å². The molecule has 0 amide bonds. The van der Waals surface area contributed by atoms with Crippen LogP contribution in [0, 0.1) is 18.7 Å². The van der Waals surface area contributed by atoms with Gasteiger partial charge in [-0.05, 0) is 49.4 Å². The fraction of sp³-hybridized carbons (Fsp3) is 0.471. The standard InChI is InChI=1S/C17H24FN3/c1-5-8-19-17-11-15(9-12(2)3)20-21(17)16-7-6-14(18)10-13(16)4/h6-7,10-12,19H,5,8-9H2,1-4H3. The third-order valence-electron chi connectivity index (χ3n) is 3.32. The third-order valence-corrected chi connectivity index (χ3v) is 3.32. The number of aromatic nitrogens is 2. The number of hydrogen-bond acceptors (Lipinski definition) is 2. The normalized spacial score (nSPS) is 11.1. The summed E-state index contributed by atoms with van der Waals surface area (Å²) >= 11 is 0. The lowest BCUT2D eigenvalue weighted by molar-refractivity contribution is 0.622. The highest BCUT2D eigenvalue weighted by Crippen LogP contribution is 2.22. The lowest BCUT2D eigenvalue weighted by Crippen LogP contribution is -2.08. The minimum absolute atomic E-state index is 0.214.